The average Bonchev–Trinajstić information content (AvgIpc) is 3.45. The van der Waals surface area contributed by atoms with Gasteiger partial charge in [0.25, 0.3) is 0 Å². The number of amides is 3. The number of rotatable bonds is 7. The van der Waals surface area contributed by atoms with Gasteiger partial charge < -0.3 is 15.5 Å². The Kier molecular flexibility index (Phi) is 8.13. The molecule has 0 unspecified atom stereocenters. The molecule has 1 aromatic heterocycles. The molecular formula is C26H36N4O3S. The van der Waals surface area contributed by atoms with Crippen molar-refractivity contribution >= 4 is 29.1 Å². The van der Waals surface area contributed by atoms with Crippen LogP contribution in [0, 0.1) is 12.3 Å². The highest BCUT2D eigenvalue weighted by Gasteiger charge is 2.41. The highest BCUT2D eigenvalue weighted by molar-refractivity contribution is 7.13. The minimum absolute atomic E-state index is 0.157. The fraction of sp³-hybridized carbons (Fsp3) is 0.538. The topological polar surface area (TPSA) is 91.4 Å². The monoisotopic (exact) mass is 484 g/mol. The van der Waals surface area contributed by atoms with Gasteiger partial charge in [-0.2, -0.15) is 0 Å². The van der Waals surface area contributed by atoms with Crippen LogP contribution in [0.1, 0.15) is 71.2 Å². The van der Waals surface area contributed by atoms with Crippen LogP contribution < -0.4 is 10.6 Å². The fourth-order valence-electron chi connectivity index (χ4n) is 4.28. The third-order valence-electron chi connectivity index (χ3n) is 6.36. The Balaban J connectivity index is 1.69. The van der Waals surface area contributed by atoms with Gasteiger partial charge in [-0.3, -0.25) is 14.4 Å². The molecule has 1 saturated heterocycles. The SMILES string of the molecule is CCC(=O)N[C@H](C(=O)N1CCC[C@H]1C(=O)N[C@@H](C)c1ccc(-c2scnc2C)cc1)C(C)(C)C. The van der Waals surface area contributed by atoms with Crippen molar-refractivity contribution in [1.82, 2.24) is 20.5 Å². The molecule has 2 heterocycles. The first kappa shape index (κ1) is 25.9. The van der Waals surface area contributed by atoms with Crippen molar-refractivity contribution in [1.29, 1.82) is 0 Å². The molecule has 8 heteroatoms. The highest BCUT2D eigenvalue weighted by atomic mass is 32.1. The Bertz CT molecular complexity index is 1030. The van der Waals surface area contributed by atoms with E-state index in [1.165, 1.54) is 0 Å². The number of hydrogen-bond acceptors (Lipinski definition) is 5. The summed E-state index contributed by atoms with van der Waals surface area (Å²) in [6, 6.07) is 6.74. The number of hydrogen-bond donors (Lipinski definition) is 2. The van der Waals surface area contributed by atoms with Crippen molar-refractivity contribution in [3.05, 3.63) is 41.0 Å². The maximum atomic E-state index is 13.4. The molecule has 3 atom stereocenters. The minimum Gasteiger partial charge on any atom is -0.348 e. The largest absolute Gasteiger partial charge is 0.348 e. The summed E-state index contributed by atoms with van der Waals surface area (Å²) < 4.78 is 0. The van der Waals surface area contributed by atoms with Gasteiger partial charge in [0.1, 0.15) is 12.1 Å². The molecule has 2 N–H and O–H groups in total. The van der Waals surface area contributed by atoms with E-state index >= 15 is 0 Å². The molecule has 1 aliphatic heterocycles. The van der Waals surface area contributed by atoms with Crippen molar-refractivity contribution < 1.29 is 14.4 Å². The number of thiazole rings is 1. The molecule has 1 fully saturated rings. The van der Waals surface area contributed by atoms with E-state index in [0.717, 1.165) is 28.1 Å². The van der Waals surface area contributed by atoms with Crippen molar-refractivity contribution in [2.45, 2.75) is 78.9 Å². The second kappa shape index (κ2) is 10.7. The molecule has 1 aromatic carbocycles. The van der Waals surface area contributed by atoms with Crippen LogP contribution in [0.4, 0.5) is 0 Å². The third-order valence-corrected chi connectivity index (χ3v) is 7.33. The van der Waals surface area contributed by atoms with Gasteiger partial charge in [-0.25, -0.2) is 4.98 Å². The number of nitrogens with one attached hydrogen (secondary N) is 2. The van der Waals surface area contributed by atoms with E-state index in [1.807, 2.05) is 64.4 Å². The second-order valence-corrected chi connectivity index (χ2v) is 10.9. The quantitative estimate of drug-likeness (QED) is 0.615. The number of aryl methyl sites for hydroxylation is 1. The van der Waals surface area contributed by atoms with E-state index in [2.05, 4.69) is 15.6 Å². The van der Waals surface area contributed by atoms with Crippen LogP contribution in [-0.2, 0) is 14.4 Å². The van der Waals surface area contributed by atoms with Crippen molar-refractivity contribution in [2.75, 3.05) is 6.54 Å². The molecule has 0 radical (unpaired) electrons. The van der Waals surface area contributed by atoms with Crippen LogP contribution in [0.3, 0.4) is 0 Å². The maximum Gasteiger partial charge on any atom is 0.246 e. The Morgan fingerprint density at radius 2 is 1.85 bits per heavy atom. The van der Waals surface area contributed by atoms with Crippen LogP contribution in [0.15, 0.2) is 29.8 Å². The number of nitrogens with zero attached hydrogens (tertiary/aromatic N) is 2. The first-order valence-electron chi connectivity index (χ1n) is 11.9. The van der Waals surface area contributed by atoms with Crippen molar-refractivity contribution in [3.63, 3.8) is 0 Å². The standard InChI is InChI=1S/C26H36N4O3S/c1-7-21(31)29-23(26(4,5)6)25(33)30-14-8-9-20(30)24(32)28-16(2)18-10-12-19(13-11-18)22-17(3)27-15-34-22/h10-13,15-16,20,23H,7-9,14H2,1-6H3,(H,28,32)(H,29,31)/t16-,20-,23+/m0/s1. The Hall–Kier alpha value is -2.74. The molecule has 7 nitrogen and oxygen atoms in total. The van der Waals surface area contributed by atoms with E-state index in [9.17, 15) is 14.4 Å². The van der Waals surface area contributed by atoms with E-state index in [1.54, 1.807) is 23.2 Å². The van der Waals surface area contributed by atoms with Gasteiger partial charge in [0.15, 0.2) is 0 Å². The molecule has 1 aliphatic rings. The van der Waals surface area contributed by atoms with Crippen LogP contribution in [-0.4, -0.2) is 46.2 Å². The van der Waals surface area contributed by atoms with E-state index in [0.29, 0.717) is 19.4 Å². The minimum atomic E-state index is -0.673. The zero-order valence-corrected chi connectivity index (χ0v) is 21.8. The third kappa shape index (κ3) is 5.84. The summed E-state index contributed by atoms with van der Waals surface area (Å²) in [4.78, 5) is 45.8. The fourth-order valence-corrected chi connectivity index (χ4v) is 5.09. The highest BCUT2D eigenvalue weighted by Crippen LogP contribution is 2.29. The summed E-state index contributed by atoms with van der Waals surface area (Å²) >= 11 is 1.61. The summed E-state index contributed by atoms with van der Waals surface area (Å²) in [6.07, 6.45) is 1.69. The number of carbonyl (C=O) groups is 3. The van der Waals surface area contributed by atoms with Gasteiger partial charge in [-0.1, -0.05) is 52.0 Å². The molecule has 0 saturated carbocycles. The van der Waals surface area contributed by atoms with Crippen molar-refractivity contribution in [3.8, 4) is 10.4 Å². The first-order valence-corrected chi connectivity index (χ1v) is 12.8. The zero-order valence-electron chi connectivity index (χ0n) is 21.0. The lowest BCUT2D eigenvalue weighted by Crippen LogP contribution is -2.57. The zero-order chi connectivity index (χ0) is 25.0. The average molecular weight is 485 g/mol. The second-order valence-electron chi connectivity index (χ2n) is 10.0. The normalized spacial score (nSPS) is 17.8. The lowest BCUT2D eigenvalue weighted by Gasteiger charge is -2.35. The molecule has 3 amide bonds. The molecule has 0 aliphatic carbocycles. The van der Waals surface area contributed by atoms with Crippen LogP contribution in [0.25, 0.3) is 10.4 Å². The molecular weight excluding hydrogens is 448 g/mol. The van der Waals surface area contributed by atoms with Gasteiger partial charge in [0, 0.05) is 13.0 Å². The summed E-state index contributed by atoms with van der Waals surface area (Å²) in [6.45, 7) is 12.0. The Morgan fingerprint density at radius 1 is 1.18 bits per heavy atom. The number of benzene rings is 1. The lowest BCUT2D eigenvalue weighted by molar-refractivity contribution is -0.144. The van der Waals surface area contributed by atoms with Crippen LogP contribution in [0.2, 0.25) is 0 Å². The Labute approximate surface area is 206 Å². The molecule has 0 bridgehead atoms. The van der Waals surface area contributed by atoms with Gasteiger partial charge in [0.2, 0.25) is 17.7 Å². The van der Waals surface area contributed by atoms with Crippen LogP contribution in [0.5, 0.6) is 0 Å². The molecule has 34 heavy (non-hydrogen) atoms. The summed E-state index contributed by atoms with van der Waals surface area (Å²) in [5.41, 5.74) is 4.49. The molecule has 2 aromatic rings. The van der Waals surface area contributed by atoms with Gasteiger partial charge in [-0.15, -0.1) is 11.3 Å². The van der Waals surface area contributed by atoms with Crippen LogP contribution >= 0.6 is 11.3 Å². The number of carbonyl (C=O) groups excluding carboxylic acids is 3. The maximum absolute atomic E-state index is 13.4. The Morgan fingerprint density at radius 3 is 2.41 bits per heavy atom. The van der Waals surface area contributed by atoms with Crippen molar-refractivity contribution in [2.24, 2.45) is 5.41 Å². The summed E-state index contributed by atoms with van der Waals surface area (Å²) in [5, 5.41) is 5.95. The predicted molar refractivity (Wildman–Crippen MR) is 135 cm³/mol. The summed E-state index contributed by atoms with van der Waals surface area (Å²) in [5.74, 6) is -0.516. The molecule has 3 rings (SSSR count). The van der Waals surface area contributed by atoms with Gasteiger partial charge >= 0.3 is 0 Å². The van der Waals surface area contributed by atoms with Gasteiger partial charge in [0.05, 0.1) is 22.1 Å². The first-order chi connectivity index (χ1) is 16.0. The molecule has 0 spiro atoms. The smallest absolute Gasteiger partial charge is 0.246 e. The van der Waals surface area contributed by atoms with Gasteiger partial charge in [-0.05, 0) is 43.2 Å². The summed E-state index contributed by atoms with van der Waals surface area (Å²) in [7, 11) is 0. The predicted octanol–water partition coefficient (Wildman–Crippen LogP) is 4.23. The van der Waals surface area contributed by atoms with E-state index in [-0.39, 0.29) is 23.8 Å². The van der Waals surface area contributed by atoms with E-state index in [4.69, 9.17) is 0 Å². The lowest BCUT2D eigenvalue weighted by atomic mass is 9.85. The van der Waals surface area contributed by atoms with E-state index < -0.39 is 17.5 Å². The number of likely N-dealkylation sites (tertiary alicyclic amines) is 1. The molecule has 184 valence electrons. The number of aromatic nitrogens is 1.